The van der Waals surface area contributed by atoms with Crippen LogP contribution in [0.15, 0.2) is 18.2 Å². The Labute approximate surface area is 115 Å². The second-order valence-electron chi connectivity index (χ2n) is 5.58. The molecule has 0 aromatic heterocycles. The van der Waals surface area contributed by atoms with Crippen molar-refractivity contribution in [1.29, 1.82) is 0 Å². The van der Waals surface area contributed by atoms with Gasteiger partial charge >= 0.3 is 5.97 Å². The Balaban J connectivity index is 2.49. The van der Waals surface area contributed by atoms with Crippen LogP contribution in [0, 0.1) is 25.7 Å². The van der Waals surface area contributed by atoms with Crippen molar-refractivity contribution in [2.24, 2.45) is 17.6 Å². The molecular formula is C16H25NO2. The van der Waals surface area contributed by atoms with Gasteiger partial charge in [-0.3, -0.25) is 4.79 Å². The van der Waals surface area contributed by atoms with Crippen molar-refractivity contribution < 1.29 is 9.90 Å². The van der Waals surface area contributed by atoms with E-state index < -0.39 is 11.9 Å². The summed E-state index contributed by atoms with van der Waals surface area (Å²) in [6, 6.07) is 6.50. The normalized spacial score (nSPS) is 14.1. The third kappa shape index (κ3) is 5.03. The van der Waals surface area contributed by atoms with Crippen molar-refractivity contribution in [2.45, 2.75) is 40.0 Å². The van der Waals surface area contributed by atoms with Gasteiger partial charge in [-0.1, -0.05) is 30.7 Å². The van der Waals surface area contributed by atoms with E-state index in [1.165, 1.54) is 16.7 Å². The van der Waals surface area contributed by atoms with Crippen LogP contribution in [0.25, 0.3) is 0 Å². The van der Waals surface area contributed by atoms with Gasteiger partial charge in [0.1, 0.15) is 0 Å². The summed E-state index contributed by atoms with van der Waals surface area (Å²) >= 11 is 0. The highest BCUT2D eigenvalue weighted by molar-refractivity contribution is 5.70. The third-order valence-electron chi connectivity index (χ3n) is 3.73. The Morgan fingerprint density at radius 3 is 2.58 bits per heavy atom. The highest BCUT2D eigenvalue weighted by Crippen LogP contribution is 2.20. The van der Waals surface area contributed by atoms with Crippen LogP contribution in [0.5, 0.6) is 0 Å². The number of hydrogen-bond donors (Lipinski definition) is 2. The number of aliphatic carboxylic acids is 1. The summed E-state index contributed by atoms with van der Waals surface area (Å²) in [6.45, 7) is 6.56. The van der Waals surface area contributed by atoms with Gasteiger partial charge < -0.3 is 10.8 Å². The average molecular weight is 263 g/mol. The van der Waals surface area contributed by atoms with Gasteiger partial charge in [0.05, 0.1) is 5.92 Å². The van der Waals surface area contributed by atoms with Crippen LogP contribution in [-0.2, 0) is 11.2 Å². The summed E-state index contributed by atoms with van der Waals surface area (Å²) in [5.41, 5.74) is 9.45. The van der Waals surface area contributed by atoms with E-state index in [-0.39, 0.29) is 6.54 Å². The van der Waals surface area contributed by atoms with Gasteiger partial charge in [0.25, 0.3) is 0 Å². The van der Waals surface area contributed by atoms with Crippen LogP contribution >= 0.6 is 0 Å². The quantitative estimate of drug-likeness (QED) is 0.795. The Morgan fingerprint density at radius 1 is 1.37 bits per heavy atom. The monoisotopic (exact) mass is 263 g/mol. The fraction of sp³-hybridized carbons (Fsp3) is 0.562. The molecule has 0 aliphatic heterocycles. The molecule has 0 fully saturated rings. The summed E-state index contributed by atoms with van der Waals surface area (Å²) in [5.74, 6) is -0.805. The number of hydrogen-bond acceptors (Lipinski definition) is 2. The zero-order chi connectivity index (χ0) is 14.4. The topological polar surface area (TPSA) is 63.3 Å². The molecule has 1 aromatic rings. The first-order valence-electron chi connectivity index (χ1n) is 6.93. The van der Waals surface area contributed by atoms with E-state index in [2.05, 4.69) is 39.0 Å². The van der Waals surface area contributed by atoms with E-state index in [0.717, 1.165) is 12.8 Å². The van der Waals surface area contributed by atoms with Crippen LogP contribution in [0.3, 0.4) is 0 Å². The molecule has 0 saturated heterocycles. The van der Waals surface area contributed by atoms with Gasteiger partial charge in [-0.25, -0.2) is 0 Å². The molecule has 0 amide bonds. The number of aryl methyl sites for hydroxylation is 3. The van der Waals surface area contributed by atoms with E-state index in [4.69, 9.17) is 10.8 Å². The van der Waals surface area contributed by atoms with E-state index in [1.54, 1.807) is 0 Å². The molecule has 0 aliphatic carbocycles. The number of rotatable bonds is 7. The number of benzene rings is 1. The minimum atomic E-state index is -0.777. The summed E-state index contributed by atoms with van der Waals surface area (Å²) in [6.07, 6.45) is 2.68. The van der Waals surface area contributed by atoms with Gasteiger partial charge in [0.2, 0.25) is 0 Å². The smallest absolute Gasteiger partial charge is 0.307 e. The van der Waals surface area contributed by atoms with Crippen molar-refractivity contribution in [3.8, 4) is 0 Å². The average Bonchev–Trinajstić information content (AvgIpc) is 2.34. The molecule has 2 atom stereocenters. The molecule has 3 heteroatoms. The molecule has 3 N–H and O–H groups in total. The largest absolute Gasteiger partial charge is 0.481 e. The molecule has 3 nitrogen and oxygen atoms in total. The second-order valence-corrected chi connectivity index (χ2v) is 5.58. The summed E-state index contributed by atoms with van der Waals surface area (Å²) in [4.78, 5) is 11.0. The molecule has 0 saturated carbocycles. The van der Waals surface area contributed by atoms with Crippen LogP contribution in [-0.4, -0.2) is 17.6 Å². The first kappa shape index (κ1) is 15.7. The molecular weight excluding hydrogens is 238 g/mol. The molecule has 0 radical (unpaired) electrons. The van der Waals surface area contributed by atoms with Gasteiger partial charge in [-0.05, 0) is 50.2 Å². The molecule has 0 aliphatic rings. The number of carboxylic acid groups (broad SMARTS) is 1. The number of nitrogens with two attached hydrogens (primary N) is 1. The first-order valence-corrected chi connectivity index (χ1v) is 6.93. The number of carboxylic acids is 1. The van der Waals surface area contributed by atoms with E-state index >= 15 is 0 Å². The number of carbonyl (C=O) groups is 1. The van der Waals surface area contributed by atoms with E-state index in [1.807, 2.05) is 0 Å². The first-order chi connectivity index (χ1) is 8.93. The van der Waals surface area contributed by atoms with Crippen molar-refractivity contribution >= 4 is 5.97 Å². The maximum absolute atomic E-state index is 11.0. The second kappa shape index (κ2) is 7.29. The highest BCUT2D eigenvalue weighted by atomic mass is 16.4. The Morgan fingerprint density at radius 2 is 2.05 bits per heavy atom. The van der Waals surface area contributed by atoms with Crippen molar-refractivity contribution in [3.05, 3.63) is 34.9 Å². The van der Waals surface area contributed by atoms with E-state index in [0.29, 0.717) is 12.3 Å². The minimum absolute atomic E-state index is 0.225. The molecule has 2 unspecified atom stereocenters. The molecule has 1 aromatic carbocycles. The van der Waals surface area contributed by atoms with Crippen LogP contribution in [0.2, 0.25) is 0 Å². The lowest BCUT2D eigenvalue weighted by atomic mass is 9.90. The zero-order valence-electron chi connectivity index (χ0n) is 12.1. The molecule has 0 spiro atoms. The molecule has 0 heterocycles. The van der Waals surface area contributed by atoms with Crippen LogP contribution in [0.4, 0.5) is 0 Å². The fourth-order valence-corrected chi connectivity index (χ4v) is 2.43. The van der Waals surface area contributed by atoms with Crippen LogP contribution in [0.1, 0.15) is 36.5 Å². The maximum Gasteiger partial charge on any atom is 0.307 e. The minimum Gasteiger partial charge on any atom is -0.481 e. The standard InChI is InChI=1S/C16H25NO2/c1-11-4-6-14(13(3)8-11)7-5-12(2)9-15(10-17)16(18)19/h4,6,8,12,15H,5,7,9-10,17H2,1-3H3,(H,18,19). The van der Waals surface area contributed by atoms with Gasteiger partial charge in [0, 0.05) is 6.54 Å². The SMILES string of the molecule is Cc1ccc(CCC(C)CC(CN)C(=O)O)c(C)c1. The molecule has 1 rings (SSSR count). The zero-order valence-corrected chi connectivity index (χ0v) is 12.1. The summed E-state index contributed by atoms with van der Waals surface area (Å²) in [7, 11) is 0. The molecule has 19 heavy (non-hydrogen) atoms. The van der Waals surface area contributed by atoms with Gasteiger partial charge in [-0.2, -0.15) is 0 Å². The lowest BCUT2D eigenvalue weighted by Gasteiger charge is -2.16. The lowest BCUT2D eigenvalue weighted by molar-refractivity contribution is -0.141. The predicted octanol–water partition coefficient (Wildman–Crippen LogP) is 2.92. The van der Waals surface area contributed by atoms with Crippen LogP contribution < -0.4 is 5.73 Å². The Kier molecular flexibility index (Phi) is 6.03. The molecule has 0 bridgehead atoms. The highest BCUT2D eigenvalue weighted by Gasteiger charge is 2.18. The summed E-state index contributed by atoms with van der Waals surface area (Å²) in [5, 5.41) is 9.00. The maximum atomic E-state index is 11.0. The van der Waals surface area contributed by atoms with Crippen molar-refractivity contribution in [3.63, 3.8) is 0 Å². The van der Waals surface area contributed by atoms with Gasteiger partial charge in [0.15, 0.2) is 0 Å². The van der Waals surface area contributed by atoms with Gasteiger partial charge in [-0.15, -0.1) is 0 Å². The predicted molar refractivity (Wildman–Crippen MR) is 78.2 cm³/mol. The van der Waals surface area contributed by atoms with Crippen molar-refractivity contribution in [1.82, 2.24) is 0 Å². The Bertz CT molecular complexity index is 429. The lowest BCUT2D eigenvalue weighted by Crippen LogP contribution is -2.25. The Hall–Kier alpha value is -1.35. The molecule has 106 valence electrons. The van der Waals surface area contributed by atoms with Crippen molar-refractivity contribution in [2.75, 3.05) is 6.54 Å². The fourth-order valence-electron chi connectivity index (χ4n) is 2.43. The third-order valence-corrected chi connectivity index (χ3v) is 3.73. The summed E-state index contributed by atoms with van der Waals surface area (Å²) < 4.78 is 0. The van der Waals surface area contributed by atoms with E-state index in [9.17, 15) is 4.79 Å².